The Morgan fingerprint density at radius 3 is 2.74 bits per heavy atom. The van der Waals surface area contributed by atoms with Crippen molar-refractivity contribution in [2.75, 3.05) is 39.8 Å². The molecule has 6 heteroatoms. The van der Waals surface area contributed by atoms with Gasteiger partial charge in [0.25, 0.3) is 0 Å². The van der Waals surface area contributed by atoms with Gasteiger partial charge in [0.15, 0.2) is 0 Å². The minimum atomic E-state index is -0.131. The van der Waals surface area contributed by atoms with Gasteiger partial charge in [0.05, 0.1) is 0 Å². The number of amides is 3. The highest BCUT2D eigenvalue weighted by Gasteiger charge is 2.43. The zero-order valence-electron chi connectivity index (χ0n) is 16.2. The molecule has 1 spiro atoms. The van der Waals surface area contributed by atoms with E-state index in [2.05, 4.69) is 23.8 Å². The molecule has 3 amide bonds. The number of benzene rings is 1. The molecule has 2 heterocycles. The Morgan fingerprint density at radius 1 is 1.22 bits per heavy atom. The zero-order chi connectivity index (χ0) is 19.3. The maximum atomic E-state index is 12.7. The largest absolute Gasteiger partial charge is 0.339 e. The highest BCUT2D eigenvalue weighted by Crippen LogP contribution is 2.32. The Kier molecular flexibility index (Phi) is 6.16. The predicted octanol–water partition coefficient (Wildman–Crippen LogP) is 2.08. The van der Waals surface area contributed by atoms with Crippen molar-refractivity contribution >= 4 is 11.9 Å². The van der Waals surface area contributed by atoms with Crippen LogP contribution in [0.2, 0.25) is 0 Å². The molecule has 0 radical (unpaired) electrons. The van der Waals surface area contributed by atoms with Gasteiger partial charge in [0.2, 0.25) is 5.91 Å². The summed E-state index contributed by atoms with van der Waals surface area (Å²) in [7, 11) is 2.12. The molecule has 0 aliphatic carbocycles. The molecule has 0 saturated carbocycles. The Morgan fingerprint density at radius 2 is 2.00 bits per heavy atom. The number of carbonyl (C=O) groups is 2. The highest BCUT2D eigenvalue weighted by molar-refractivity contribution is 5.77. The summed E-state index contributed by atoms with van der Waals surface area (Å²) in [5, 5.41) is 3.04. The smallest absolute Gasteiger partial charge is 0.317 e. The summed E-state index contributed by atoms with van der Waals surface area (Å²) in [6.45, 7) is 7.81. The molecule has 1 aromatic carbocycles. The Hall–Kier alpha value is -2.34. The molecule has 2 aliphatic heterocycles. The van der Waals surface area contributed by atoms with Crippen LogP contribution in [-0.2, 0) is 11.3 Å². The molecule has 1 aromatic rings. The summed E-state index contributed by atoms with van der Waals surface area (Å²) >= 11 is 0. The molecule has 1 N–H and O–H groups in total. The Bertz CT molecular complexity index is 678. The lowest BCUT2D eigenvalue weighted by molar-refractivity contribution is -0.130. The van der Waals surface area contributed by atoms with Crippen LogP contribution in [0.5, 0.6) is 0 Å². The number of likely N-dealkylation sites (N-methyl/N-ethyl adjacent to an activating group) is 1. The molecule has 0 aromatic heterocycles. The summed E-state index contributed by atoms with van der Waals surface area (Å²) < 4.78 is 0. The van der Waals surface area contributed by atoms with Crippen molar-refractivity contribution in [2.45, 2.75) is 31.3 Å². The van der Waals surface area contributed by atoms with Crippen LogP contribution in [0.4, 0.5) is 4.79 Å². The summed E-state index contributed by atoms with van der Waals surface area (Å²) in [4.78, 5) is 31.2. The predicted molar refractivity (Wildman–Crippen MR) is 106 cm³/mol. The minimum absolute atomic E-state index is 0.0233. The first kappa shape index (κ1) is 19.4. The van der Waals surface area contributed by atoms with Crippen molar-refractivity contribution in [3.05, 3.63) is 48.6 Å². The van der Waals surface area contributed by atoms with E-state index < -0.39 is 0 Å². The number of hydrogen-bond acceptors (Lipinski definition) is 3. The van der Waals surface area contributed by atoms with Crippen molar-refractivity contribution < 1.29 is 9.59 Å². The molecule has 0 unspecified atom stereocenters. The maximum absolute atomic E-state index is 12.7. The van der Waals surface area contributed by atoms with Gasteiger partial charge in [-0.1, -0.05) is 36.4 Å². The molecular weight excluding hydrogens is 340 g/mol. The second-order valence-corrected chi connectivity index (χ2v) is 7.59. The van der Waals surface area contributed by atoms with Crippen molar-refractivity contribution in [1.29, 1.82) is 0 Å². The number of nitrogens with zero attached hydrogens (tertiary/aromatic N) is 3. The molecular formula is C21H30N4O2. The standard InChI is InChI=1S/C21H30N4O2/c1-3-12-24-13-11-21(10-9-19(24)26)17-25(15-14-23(21)2)20(27)22-16-18-7-5-4-6-8-18/h3-8H,1,9-17H2,2H3,(H,22,27)/t21-/m1/s1. The van der Waals surface area contributed by atoms with Crippen molar-refractivity contribution in [3.8, 4) is 0 Å². The molecule has 2 aliphatic rings. The molecule has 2 fully saturated rings. The van der Waals surface area contributed by atoms with Gasteiger partial charge in [-0.2, -0.15) is 0 Å². The van der Waals surface area contributed by atoms with Crippen molar-refractivity contribution in [2.24, 2.45) is 0 Å². The molecule has 2 saturated heterocycles. The van der Waals surface area contributed by atoms with E-state index in [1.165, 1.54) is 0 Å². The molecule has 27 heavy (non-hydrogen) atoms. The van der Waals surface area contributed by atoms with E-state index in [4.69, 9.17) is 0 Å². The van der Waals surface area contributed by atoms with Crippen molar-refractivity contribution in [3.63, 3.8) is 0 Å². The maximum Gasteiger partial charge on any atom is 0.317 e. The second-order valence-electron chi connectivity index (χ2n) is 7.59. The monoisotopic (exact) mass is 370 g/mol. The van der Waals surface area contributed by atoms with Gasteiger partial charge in [0, 0.05) is 51.2 Å². The average molecular weight is 370 g/mol. The average Bonchev–Trinajstić information content (AvgIpc) is 2.84. The summed E-state index contributed by atoms with van der Waals surface area (Å²) in [5.74, 6) is 0.186. The van der Waals surface area contributed by atoms with Gasteiger partial charge in [-0.3, -0.25) is 9.69 Å². The number of rotatable bonds is 4. The first-order chi connectivity index (χ1) is 13.0. The van der Waals surface area contributed by atoms with Crippen molar-refractivity contribution in [1.82, 2.24) is 20.0 Å². The normalized spacial score (nSPS) is 24.0. The fraction of sp³-hybridized carbons (Fsp3) is 0.524. The minimum Gasteiger partial charge on any atom is -0.339 e. The third kappa shape index (κ3) is 4.50. The lowest BCUT2D eigenvalue weighted by Gasteiger charge is -2.49. The van der Waals surface area contributed by atoms with E-state index in [9.17, 15) is 9.59 Å². The number of likely N-dealkylation sites (tertiary alicyclic amines) is 1. The first-order valence-electron chi connectivity index (χ1n) is 9.71. The van der Waals surface area contributed by atoms with Crippen LogP contribution in [0.25, 0.3) is 0 Å². The zero-order valence-corrected chi connectivity index (χ0v) is 16.2. The molecule has 1 atom stereocenters. The lowest BCUT2D eigenvalue weighted by Crippen LogP contribution is -2.63. The van der Waals surface area contributed by atoms with E-state index in [0.29, 0.717) is 39.1 Å². The van der Waals surface area contributed by atoms with Gasteiger partial charge < -0.3 is 15.1 Å². The van der Waals surface area contributed by atoms with E-state index in [1.54, 1.807) is 6.08 Å². The number of hydrogen-bond donors (Lipinski definition) is 1. The van der Waals surface area contributed by atoms with E-state index in [0.717, 1.165) is 24.9 Å². The van der Waals surface area contributed by atoms with Crippen LogP contribution in [0, 0.1) is 0 Å². The first-order valence-corrected chi connectivity index (χ1v) is 9.71. The van der Waals surface area contributed by atoms with E-state index >= 15 is 0 Å². The third-order valence-electron chi connectivity index (χ3n) is 5.93. The molecule has 3 rings (SSSR count). The van der Waals surface area contributed by atoms with Crippen LogP contribution in [0.1, 0.15) is 24.8 Å². The van der Waals surface area contributed by atoms with Crippen LogP contribution in [-0.4, -0.2) is 71.9 Å². The second kappa shape index (κ2) is 8.57. The van der Waals surface area contributed by atoms with Gasteiger partial charge in [-0.25, -0.2) is 4.79 Å². The highest BCUT2D eigenvalue weighted by atomic mass is 16.2. The van der Waals surface area contributed by atoms with Crippen LogP contribution in [0.15, 0.2) is 43.0 Å². The van der Waals surface area contributed by atoms with Gasteiger partial charge in [-0.15, -0.1) is 6.58 Å². The van der Waals surface area contributed by atoms with E-state index in [1.807, 2.05) is 40.1 Å². The van der Waals surface area contributed by atoms with Crippen LogP contribution in [0.3, 0.4) is 0 Å². The quantitative estimate of drug-likeness (QED) is 0.826. The number of piperazine rings is 1. The van der Waals surface area contributed by atoms with E-state index in [-0.39, 0.29) is 17.5 Å². The summed E-state index contributed by atoms with van der Waals surface area (Å²) in [6, 6.07) is 9.92. The Balaban J connectivity index is 1.63. The van der Waals surface area contributed by atoms with Gasteiger partial charge in [0.1, 0.15) is 0 Å². The van der Waals surface area contributed by atoms with Crippen LogP contribution >= 0.6 is 0 Å². The SMILES string of the molecule is C=CCN1CC[C@]2(CCC1=O)CN(C(=O)NCc1ccccc1)CCN2C. The number of nitrogens with one attached hydrogen (secondary N) is 1. The molecule has 146 valence electrons. The molecule has 0 bridgehead atoms. The third-order valence-corrected chi connectivity index (χ3v) is 5.93. The van der Waals surface area contributed by atoms with Crippen LogP contribution < -0.4 is 5.32 Å². The number of urea groups is 1. The Labute approximate surface area is 161 Å². The fourth-order valence-corrected chi connectivity index (χ4v) is 4.10. The topological polar surface area (TPSA) is 55.9 Å². The van der Waals surface area contributed by atoms with Gasteiger partial charge >= 0.3 is 6.03 Å². The lowest BCUT2D eigenvalue weighted by atomic mass is 9.86. The van der Waals surface area contributed by atoms with Gasteiger partial charge in [-0.05, 0) is 25.5 Å². The molecule has 6 nitrogen and oxygen atoms in total. The number of carbonyl (C=O) groups excluding carboxylic acids is 2. The summed E-state index contributed by atoms with van der Waals surface area (Å²) in [6.07, 6.45) is 3.98. The fourth-order valence-electron chi connectivity index (χ4n) is 4.10. The summed E-state index contributed by atoms with van der Waals surface area (Å²) in [5.41, 5.74) is 0.961.